The van der Waals surface area contributed by atoms with Crippen LogP contribution in [0.2, 0.25) is 0 Å². The Bertz CT molecular complexity index is 533. The number of anilines is 1. The number of aliphatic hydroxyl groups is 1. The van der Waals surface area contributed by atoms with Crippen molar-refractivity contribution in [2.45, 2.75) is 25.4 Å². The van der Waals surface area contributed by atoms with E-state index >= 15 is 0 Å². The van der Waals surface area contributed by atoms with Gasteiger partial charge in [0.15, 0.2) is 5.84 Å². The second kappa shape index (κ2) is 6.73. The molecule has 1 aliphatic carbocycles. The highest BCUT2D eigenvalue weighted by atomic mass is 16.5. The van der Waals surface area contributed by atoms with Crippen molar-refractivity contribution in [1.82, 2.24) is 4.98 Å². The number of aryl methyl sites for hydroxylation is 2. The lowest BCUT2D eigenvalue weighted by Gasteiger charge is -2.24. The quantitative estimate of drug-likeness (QED) is 0.298. The Morgan fingerprint density at radius 1 is 1.57 bits per heavy atom. The molecule has 21 heavy (non-hydrogen) atoms. The van der Waals surface area contributed by atoms with Crippen molar-refractivity contribution in [3.8, 4) is 0 Å². The van der Waals surface area contributed by atoms with Gasteiger partial charge in [-0.05, 0) is 30.9 Å². The van der Waals surface area contributed by atoms with Crippen molar-refractivity contribution in [2.75, 3.05) is 32.2 Å². The number of oxime groups is 1. The predicted molar refractivity (Wildman–Crippen MR) is 79.9 cm³/mol. The number of likely N-dealkylation sites (N-methyl/N-ethyl adjacent to an activating group) is 1. The molecule has 0 saturated carbocycles. The topological polar surface area (TPSA) is 104 Å². The van der Waals surface area contributed by atoms with Gasteiger partial charge in [0.1, 0.15) is 5.82 Å². The molecule has 7 heteroatoms. The van der Waals surface area contributed by atoms with Crippen LogP contribution in [0.5, 0.6) is 0 Å². The van der Waals surface area contributed by atoms with Crippen molar-refractivity contribution in [1.29, 1.82) is 0 Å². The molecular formula is C14H22N4O3. The van der Waals surface area contributed by atoms with E-state index in [0.29, 0.717) is 17.9 Å². The maximum atomic E-state index is 9.86. The number of fused-ring (bicyclic) bond motifs is 1. The van der Waals surface area contributed by atoms with Crippen LogP contribution in [0.4, 0.5) is 5.82 Å². The molecule has 1 unspecified atom stereocenters. The Kier molecular flexibility index (Phi) is 4.98. The van der Waals surface area contributed by atoms with Crippen LogP contribution in [0.15, 0.2) is 11.2 Å². The summed E-state index contributed by atoms with van der Waals surface area (Å²) in [6.07, 6.45) is 2.34. The van der Waals surface area contributed by atoms with Gasteiger partial charge in [-0.1, -0.05) is 5.16 Å². The molecule has 0 saturated heterocycles. The summed E-state index contributed by atoms with van der Waals surface area (Å²) in [5.74, 6) is 0.640. The second-order valence-electron chi connectivity index (χ2n) is 5.29. The van der Waals surface area contributed by atoms with Crippen LogP contribution in [-0.4, -0.2) is 54.5 Å². The fraction of sp³-hybridized carbons (Fsp3) is 0.571. The molecule has 0 fully saturated rings. The van der Waals surface area contributed by atoms with Crippen LogP contribution in [0.1, 0.15) is 23.2 Å². The summed E-state index contributed by atoms with van der Waals surface area (Å²) >= 11 is 0. The number of methoxy groups -OCH3 is 1. The van der Waals surface area contributed by atoms with Crippen LogP contribution in [0.3, 0.4) is 0 Å². The maximum absolute atomic E-state index is 9.86. The molecule has 1 aromatic heterocycles. The van der Waals surface area contributed by atoms with E-state index < -0.39 is 6.10 Å². The third kappa shape index (κ3) is 3.43. The molecule has 7 nitrogen and oxygen atoms in total. The lowest BCUT2D eigenvalue weighted by atomic mass is 10.1. The smallest absolute Gasteiger partial charge is 0.173 e. The Labute approximate surface area is 124 Å². The molecule has 2 rings (SSSR count). The Morgan fingerprint density at radius 3 is 3.00 bits per heavy atom. The fourth-order valence-electron chi connectivity index (χ4n) is 2.64. The van der Waals surface area contributed by atoms with Crippen molar-refractivity contribution in [2.24, 2.45) is 10.9 Å². The highest BCUT2D eigenvalue weighted by Crippen LogP contribution is 2.27. The van der Waals surface area contributed by atoms with E-state index in [1.807, 2.05) is 13.1 Å². The molecule has 0 aliphatic heterocycles. The Hall–Kier alpha value is -1.86. The van der Waals surface area contributed by atoms with Crippen LogP contribution >= 0.6 is 0 Å². The van der Waals surface area contributed by atoms with E-state index in [4.69, 9.17) is 15.7 Å². The van der Waals surface area contributed by atoms with Gasteiger partial charge in [-0.2, -0.15) is 0 Å². The summed E-state index contributed by atoms with van der Waals surface area (Å²) in [6.45, 7) is 0.597. The number of nitrogens with zero attached hydrogens (tertiary/aromatic N) is 3. The van der Waals surface area contributed by atoms with Crippen molar-refractivity contribution < 1.29 is 15.1 Å². The highest BCUT2D eigenvalue weighted by Gasteiger charge is 2.21. The minimum absolute atomic E-state index is 0.0280. The molecule has 0 radical (unpaired) electrons. The van der Waals surface area contributed by atoms with Crippen molar-refractivity contribution in [3.63, 3.8) is 0 Å². The third-order valence-corrected chi connectivity index (χ3v) is 3.62. The molecule has 0 spiro atoms. The zero-order chi connectivity index (χ0) is 15.4. The normalized spacial score (nSPS) is 15.9. The van der Waals surface area contributed by atoms with Crippen LogP contribution in [-0.2, 0) is 17.6 Å². The molecule has 0 bridgehead atoms. The summed E-state index contributed by atoms with van der Waals surface area (Å²) in [6, 6.07) is 1.93. The molecule has 116 valence electrons. The summed E-state index contributed by atoms with van der Waals surface area (Å²) in [4.78, 5) is 6.44. The minimum atomic E-state index is -0.629. The lowest BCUT2D eigenvalue weighted by Crippen LogP contribution is -2.34. The molecule has 1 aliphatic rings. The maximum Gasteiger partial charge on any atom is 0.173 e. The number of aliphatic hydroxyl groups excluding tert-OH is 1. The van der Waals surface area contributed by atoms with Gasteiger partial charge in [-0.25, -0.2) is 4.98 Å². The van der Waals surface area contributed by atoms with E-state index in [1.54, 1.807) is 12.0 Å². The highest BCUT2D eigenvalue weighted by molar-refractivity contribution is 6.01. The first kappa shape index (κ1) is 15.5. The van der Waals surface area contributed by atoms with Gasteiger partial charge in [0.05, 0.1) is 18.3 Å². The van der Waals surface area contributed by atoms with Gasteiger partial charge in [0.25, 0.3) is 0 Å². The van der Waals surface area contributed by atoms with E-state index in [-0.39, 0.29) is 12.4 Å². The first-order valence-corrected chi connectivity index (χ1v) is 6.95. The van der Waals surface area contributed by atoms with Gasteiger partial charge in [0, 0.05) is 26.4 Å². The Balaban J connectivity index is 2.32. The minimum Gasteiger partial charge on any atom is -0.409 e. The van der Waals surface area contributed by atoms with Crippen molar-refractivity contribution in [3.05, 3.63) is 22.9 Å². The fourth-order valence-corrected chi connectivity index (χ4v) is 2.64. The SMILES string of the molecule is COCC(O)CN(C)c1nc2c(cc1C(N)=NO)CCC2. The molecule has 0 amide bonds. The summed E-state index contributed by atoms with van der Waals surface area (Å²) < 4.78 is 4.93. The number of hydrogen-bond acceptors (Lipinski definition) is 6. The average Bonchev–Trinajstić information content (AvgIpc) is 2.92. The largest absolute Gasteiger partial charge is 0.409 e. The molecule has 1 atom stereocenters. The number of hydrogen-bond donors (Lipinski definition) is 3. The Morgan fingerprint density at radius 2 is 2.33 bits per heavy atom. The number of rotatable bonds is 6. The number of ether oxygens (including phenoxy) is 1. The van der Waals surface area contributed by atoms with Gasteiger partial charge >= 0.3 is 0 Å². The van der Waals surface area contributed by atoms with E-state index in [0.717, 1.165) is 30.5 Å². The summed E-state index contributed by atoms with van der Waals surface area (Å²) in [7, 11) is 3.36. The summed E-state index contributed by atoms with van der Waals surface area (Å²) in [5.41, 5.74) is 8.54. The molecular weight excluding hydrogens is 272 g/mol. The van der Waals surface area contributed by atoms with Gasteiger partial charge in [-0.15, -0.1) is 0 Å². The predicted octanol–water partition coefficient (Wildman–Crippen LogP) is 0.108. The molecule has 0 aromatic carbocycles. The van der Waals surface area contributed by atoms with Gasteiger partial charge in [0.2, 0.25) is 0 Å². The zero-order valence-corrected chi connectivity index (χ0v) is 12.4. The first-order chi connectivity index (χ1) is 10.1. The van der Waals surface area contributed by atoms with E-state index in [1.165, 1.54) is 0 Å². The van der Waals surface area contributed by atoms with E-state index in [9.17, 15) is 5.11 Å². The van der Waals surface area contributed by atoms with Crippen LogP contribution < -0.4 is 10.6 Å². The second-order valence-corrected chi connectivity index (χ2v) is 5.29. The van der Waals surface area contributed by atoms with Gasteiger partial charge in [-0.3, -0.25) is 0 Å². The third-order valence-electron chi connectivity index (χ3n) is 3.62. The summed E-state index contributed by atoms with van der Waals surface area (Å²) in [5, 5.41) is 21.9. The first-order valence-electron chi connectivity index (χ1n) is 6.95. The number of nitrogens with two attached hydrogens (primary N) is 1. The van der Waals surface area contributed by atoms with E-state index in [2.05, 4.69) is 10.1 Å². The number of aromatic nitrogens is 1. The molecule has 1 aromatic rings. The van der Waals surface area contributed by atoms with Crippen molar-refractivity contribution >= 4 is 11.7 Å². The molecule has 1 heterocycles. The van der Waals surface area contributed by atoms with Crippen LogP contribution in [0, 0.1) is 0 Å². The number of amidine groups is 1. The lowest BCUT2D eigenvalue weighted by molar-refractivity contribution is 0.0694. The standard InChI is InChI=1S/C14H22N4O3/c1-18(7-10(19)8-21-2)14-11(13(15)17-20)6-9-4-3-5-12(9)16-14/h6,10,19-20H,3-5,7-8H2,1-2H3,(H2,15,17). The van der Waals surface area contributed by atoms with Gasteiger partial charge < -0.3 is 25.7 Å². The average molecular weight is 294 g/mol. The zero-order valence-electron chi connectivity index (χ0n) is 12.4. The van der Waals surface area contributed by atoms with Crippen LogP contribution in [0.25, 0.3) is 0 Å². The molecule has 4 N–H and O–H groups in total. The monoisotopic (exact) mass is 294 g/mol. The number of pyridine rings is 1.